The Hall–Kier alpha value is -0.860. The molecule has 0 heterocycles. The third-order valence-corrected chi connectivity index (χ3v) is 4.80. The van der Waals surface area contributed by atoms with Crippen molar-refractivity contribution < 1.29 is 0 Å². The maximum atomic E-state index is 3.66. The molecule has 1 atom stereocenters. The molecule has 0 aromatic heterocycles. The lowest BCUT2D eigenvalue weighted by Crippen LogP contribution is -2.07. The van der Waals surface area contributed by atoms with Gasteiger partial charge < -0.3 is 0 Å². The Kier molecular flexibility index (Phi) is 2.33. The molecule has 1 unspecified atom stereocenters. The van der Waals surface area contributed by atoms with Crippen molar-refractivity contribution in [3.05, 3.63) is 56.0 Å². The molecule has 0 bridgehead atoms. The van der Waals surface area contributed by atoms with Gasteiger partial charge in [0.25, 0.3) is 0 Å². The van der Waals surface area contributed by atoms with E-state index in [0.29, 0.717) is 5.92 Å². The van der Waals surface area contributed by atoms with E-state index in [9.17, 15) is 0 Å². The molecule has 2 aliphatic carbocycles. The fourth-order valence-electron chi connectivity index (χ4n) is 3.09. The van der Waals surface area contributed by atoms with Crippen LogP contribution in [0, 0.1) is 0 Å². The zero-order valence-electron chi connectivity index (χ0n) is 9.58. The monoisotopic (exact) mass is 360 g/mol. The highest BCUT2D eigenvalue weighted by Crippen LogP contribution is 2.45. The van der Waals surface area contributed by atoms with E-state index in [1.54, 1.807) is 0 Å². The van der Waals surface area contributed by atoms with Gasteiger partial charge >= 0.3 is 0 Å². The quantitative estimate of drug-likeness (QED) is 0.551. The van der Waals surface area contributed by atoms with Crippen molar-refractivity contribution in [2.75, 3.05) is 0 Å². The second-order valence-electron chi connectivity index (χ2n) is 4.92. The van der Waals surface area contributed by atoms with Gasteiger partial charge in [-0.1, -0.05) is 56.1 Å². The van der Waals surface area contributed by atoms with Crippen LogP contribution < -0.4 is 0 Å². The first kappa shape index (κ1) is 11.0. The number of benzene rings is 2. The maximum absolute atomic E-state index is 3.66. The fraction of sp³-hybridized carbons (Fsp3) is 0.125. The van der Waals surface area contributed by atoms with Crippen molar-refractivity contribution in [3.63, 3.8) is 0 Å². The third-order valence-electron chi connectivity index (χ3n) is 3.79. The Morgan fingerprint density at radius 1 is 1.06 bits per heavy atom. The van der Waals surface area contributed by atoms with E-state index in [0.717, 1.165) is 10.9 Å². The van der Waals surface area contributed by atoms with Crippen LogP contribution in [0.3, 0.4) is 0 Å². The molecule has 2 aromatic carbocycles. The van der Waals surface area contributed by atoms with Gasteiger partial charge in [0.15, 0.2) is 0 Å². The van der Waals surface area contributed by atoms with Crippen LogP contribution in [0.2, 0.25) is 0 Å². The Bertz CT molecular complexity index is 738. The van der Waals surface area contributed by atoms with Crippen LogP contribution in [-0.4, -0.2) is 0 Å². The number of allylic oxidation sites excluding steroid dienone is 2. The van der Waals surface area contributed by atoms with Crippen molar-refractivity contribution in [1.29, 1.82) is 0 Å². The minimum atomic E-state index is 0.525. The van der Waals surface area contributed by atoms with Gasteiger partial charge in [-0.2, -0.15) is 0 Å². The van der Waals surface area contributed by atoms with Gasteiger partial charge in [0.1, 0.15) is 0 Å². The summed E-state index contributed by atoms with van der Waals surface area (Å²) in [6.45, 7) is 0. The third kappa shape index (κ3) is 1.49. The van der Waals surface area contributed by atoms with Crippen molar-refractivity contribution in [1.82, 2.24) is 0 Å². The summed E-state index contributed by atoms with van der Waals surface area (Å²) in [6.07, 6.45) is 7.94. The summed E-state index contributed by atoms with van der Waals surface area (Å²) in [6, 6.07) is 8.88. The lowest BCUT2D eigenvalue weighted by Gasteiger charge is -2.27. The van der Waals surface area contributed by atoms with Gasteiger partial charge in [0.2, 0.25) is 0 Å². The first-order valence-corrected chi connectivity index (χ1v) is 7.61. The van der Waals surface area contributed by atoms with E-state index in [1.165, 1.54) is 31.9 Å². The Labute approximate surface area is 123 Å². The SMILES string of the molecule is BrC1=Cc2ccc3cc(Br)cc4c3c2C(C=C4)C1. The summed E-state index contributed by atoms with van der Waals surface area (Å²) in [4.78, 5) is 0. The molecule has 0 aliphatic heterocycles. The Morgan fingerprint density at radius 2 is 1.94 bits per heavy atom. The average molecular weight is 362 g/mol. The molecule has 0 saturated carbocycles. The highest BCUT2D eigenvalue weighted by Gasteiger charge is 2.24. The molecular formula is C16H10Br2. The summed E-state index contributed by atoms with van der Waals surface area (Å²) in [5, 5.41) is 2.76. The largest absolute Gasteiger partial charge is 0.0760 e. The van der Waals surface area contributed by atoms with E-state index in [4.69, 9.17) is 0 Å². The van der Waals surface area contributed by atoms with Gasteiger partial charge in [-0.15, -0.1) is 0 Å². The summed E-state index contributed by atoms with van der Waals surface area (Å²) in [7, 11) is 0. The fourth-order valence-corrected chi connectivity index (χ4v) is 4.18. The molecule has 0 spiro atoms. The van der Waals surface area contributed by atoms with Gasteiger partial charge in [0.05, 0.1) is 0 Å². The van der Waals surface area contributed by atoms with E-state index in [2.05, 4.69) is 74.4 Å². The summed E-state index contributed by atoms with van der Waals surface area (Å²) < 4.78 is 2.45. The lowest BCUT2D eigenvalue weighted by atomic mass is 9.79. The molecule has 0 fully saturated rings. The molecule has 0 saturated heterocycles. The highest BCUT2D eigenvalue weighted by molar-refractivity contribution is 9.11. The van der Waals surface area contributed by atoms with Gasteiger partial charge in [-0.25, -0.2) is 0 Å². The van der Waals surface area contributed by atoms with Gasteiger partial charge in [0, 0.05) is 10.4 Å². The predicted octanol–water partition coefficient (Wildman–Crippen LogP) is 5.85. The number of hydrogen-bond donors (Lipinski definition) is 0. The van der Waals surface area contributed by atoms with E-state index < -0.39 is 0 Å². The second kappa shape index (κ2) is 3.82. The van der Waals surface area contributed by atoms with Crippen LogP contribution >= 0.6 is 31.9 Å². The maximum Gasteiger partial charge on any atom is 0.0187 e. The zero-order chi connectivity index (χ0) is 12.3. The van der Waals surface area contributed by atoms with E-state index >= 15 is 0 Å². The molecule has 0 radical (unpaired) electrons. The molecule has 2 aromatic rings. The van der Waals surface area contributed by atoms with Crippen molar-refractivity contribution in [2.24, 2.45) is 0 Å². The molecular weight excluding hydrogens is 352 g/mol. The topological polar surface area (TPSA) is 0 Å². The number of rotatable bonds is 0. The molecule has 2 heteroatoms. The number of hydrogen-bond acceptors (Lipinski definition) is 0. The first-order chi connectivity index (χ1) is 8.72. The van der Waals surface area contributed by atoms with E-state index in [-0.39, 0.29) is 0 Å². The van der Waals surface area contributed by atoms with Crippen molar-refractivity contribution in [2.45, 2.75) is 12.3 Å². The predicted molar refractivity (Wildman–Crippen MR) is 84.9 cm³/mol. The molecule has 2 aliphatic rings. The van der Waals surface area contributed by atoms with Crippen LogP contribution in [0.25, 0.3) is 22.9 Å². The number of halogens is 2. The van der Waals surface area contributed by atoms with Crippen LogP contribution in [0.5, 0.6) is 0 Å². The van der Waals surface area contributed by atoms with Crippen molar-refractivity contribution in [3.8, 4) is 0 Å². The average Bonchev–Trinajstić information content (AvgIpc) is 2.34. The zero-order valence-corrected chi connectivity index (χ0v) is 12.8. The normalized spacial score (nSPS) is 20.1. The minimum Gasteiger partial charge on any atom is -0.0760 e. The summed E-state index contributed by atoms with van der Waals surface area (Å²) in [5.41, 5.74) is 4.19. The van der Waals surface area contributed by atoms with Crippen molar-refractivity contribution >= 4 is 54.8 Å². The summed E-state index contributed by atoms with van der Waals surface area (Å²) in [5.74, 6) is 0.525. The molecule has 18 heavy (non-hydrogen) atoms. The molecule has 4 rings (SSSR count). The molecule has 88 valence electrons. The van der Waals surface area contributed by atoms with E-state index in [1.807, 2.05) is 0 Å². The van der Waals surface area contributed by atoms with Crippen LogP contribution in [0.4, 0.5) is 0 Å². The molecule has 0 amide bonds. The lowest BCUT2D eigenvalue weighted by molar-refractivity contribution is 0.854. The first-order valence-electron chi connectivity index (χ1n) is 6.03. The molecule has 0 nitrogen and oxygen atoms in total. The van der Waals surface area contributed by atoms with Crippen LogP contribution in [0.15, 0.2) is 39.3 Å². The second-order valence-corrected chi connectivity index (χ2v) is 6.86. The summed E-state index contributed by atoms with van der Waals surface area (Å²) >= 11 is 7.25. The Morgan fingerprint density at radius 3 is 2.83 bits per heavy atom. The van der Waals surface area contributed by atoms with Crippen LogP contribution in [0.1, 0.15) is 29.0 Å². The standard InChI is InChI=1S/C16H10Br2/c17-13-5-9-1-2-10-6-14(18)8-12-4-3-11(7-13)15(9)16(10)12/h1-7,12H,8H2. The highest BCUT2D eigenvalue weighted by atomic mass is 79.9. The van der Waals surface area contributed by atoms with Gasteiger partial charge in [-0.3, -0.25) is 0 Å². The Balaban J connectivity index is 2.19. The molecule has 0 N–H and O–H groups in total. The van der Waals surface area contributed by atoms with Crippen LogP contribution in [-0.2, 0) is 0 Å². The van der Waals surface area contributed by atoms with Gasteiger partial charge in [-0.05, 0) is 56.6 Å². The smallest absolute Gasteiger partial charge is 0.0187 e. The minimum absolute atomic E-state index is 0.525.